The van der Waals surface area contributed by atoms with Gasteiger partial charge in [0.1, 0.15) is 5.76 Å². The highest BCUT2D eigenvalue weighted by Gasteiger charge is 2.31. The number of methoxy groups -OCH3 is 1. The first-order valence-electron chi connectivity index (χ1n) is 5.43. The zero-order valence-corrected chi connectivity index (χ0v) is 11.2. The van der Waals surface area contributed by atoms with Crippen LogP contribution in [-0.4, -0.2) is 18.2 Å². The predicted octanol–water partition coefficient (Wildman–Crippen LogP) is 2.69. The molecule has 0 bridgehead atoms. The Hall–Kier alpha value is -1.59. The van der Waals surface area contributed by atoms with Crippen LogP contribution in [0.2, 0.25) is 0 Å². The fourth-order valence-electron chi connectivity index (χ4n) is 1.63. The normalized spacial score (nSPS) is 14.2. The van der Waals surface area contributed by atoms with Crippen LogP contribution >= 0.6 is 11.3 Å². The van der Waals surface area contributed by atoms with Crippen LogP contribution in [0.5, 0.6) is 0 Å². The van der Waals surface area contributed by atoms with Gasteiger partial charge in [0.05, 0.1) is 7.11 Å². The number of ether oxygens (including phenoxy) is 1. The van der Waals surface area contributed by atoms with Crippen LogP contribution in [0.4, 0.5) is 0 Å². The van der Waals surface area contributed by atoms with Gasteiger partial charge in [-0.05, 0) is 38.1 Å². The van der Waals surface area contributed by atoms with E-state index in [1.54, 1.807) is 13.0 Å². The van der Waals surface area contributed by atoms with Crippen molar-refractivity contribution in [3.05, 3.63) is 45.5 Å². The Morgan fingerprint density at radius 1 is 1.39 bits per heavy atom. The summed E-state index contributed by atoms with van der Waals surface area (Å²) in [6, 6.07) is 6.86. The summed E-state index contributed by atoms with van der Waals surface area (Å²) in [5, 5.41) is 10.5. The Labute approximate surface area is 109 Å². The van der Waals surface area contributed by atoms with E-state index in [0.29, 0.717) is 5.76 Å². The lowest BCUT2D eigenvalue weighted by molar-refractivity contribution is 0.0527. The van der Waals surface area contributed by atoms with Gasteiger partial charge in [0.25, 0.3) is 0 Å². The predicted molar refractivity (Wildman–Crippen MR) is 67.8 cm³/mol. The van der Waals surface area contributed by atoms with Gasteiger partial charge in [0, 0.05) is 9.75 Å². The fraction of sp³-hybridized carbons (Fsp3) is 0.308. The minimum absolute atomic E-state index is 0.0843. The summed E-state index contributed by atoms with van der Waals surface area (Å²) in [6.45, 7) is 3.60. The third-order valence-corrected chi connectivity index (χ3v) is 3.90. The van der Waals surface area contributed by atoms with Gasteiger partial charge in [0.15, 0.2) is 5.60 Å². The van der Waals surface area contributed by atoms with Gasteiger partial charge in [-0.1, -0.05) is 0 Å². The molecule has 0 fully saturated rings. The largest absolute Gasteiger partial charge is 0.463 e. The first-order valence-corrected chi connectivity index (χ1v) is 6.24. The SMILES string of the molecule is COC(=O)c1ccc(C(C)(O)c2ccc(C)s2)o1. The number of carbonyl (C=O) groups is 1. The van der Waals surface area contributed by atoms with Crippen LogP contribution in [0.15, 0.2) is 28.7 Å². The second kappa shape index (κ2) is 4.59. The zero-order valence-electron chi connectivity index (χ0n) is 10.4. The monoisotopic (exact) mass is 266 g/mol. The van der Waals surface area contributed by atoms with Crippen molar-refractivity contribution in [3.8, 4) is 0 Å². The molecule has 1 atom stereocenters. The number of furan rings is 1. The van der Waals surface area contributed by atoms with E-state index in [2.05, 4.69) is 4.74 Å². The minimum Gasteiger partial charge on any atom is -0.463 e. The van der Waals surface area contributed by atoms with E-state index < -0.39 is 11.6 Å². The van der Waals surface area contributed by atoms with Gasteiger partial charge in [-0.2, -0.15) is 0 Å². The van der Waals surface area contributed by atoms with Crippen LogP contribution in [0.1, 0.15) is 33.0 Å². The quantitative estimate of drug-likeness (QED) is 0.868. The molecule has 0 aliphatic rings. The number of hydrogen-bond donors (Lipinski definition) is 1. The van der Waals surface area contributed by atoms with Gasteiger partial charge >= 0.3 is 5.97 Å². The molecule has 2 rings (SSSR count). The molecule has 2 heterocycles. The van der Waals surface area contributed by atoms with Crippen molar-refractivity contribution in [2.75, 3.05) is 7.11 Å². The van der Waals surface area contributed by atoms with Crippen molar-refractivity contribution in [1.82, 2.24) is 0 Å². The zero-order chi connectivity index (χ0) is 13.3. The molecule has 2 aromatic rings. The van der Waals surface area contributed by atoms with Crippen molar-refractivity contribution in [1.29, 1.82) is 0 Å². The van der Waals surface area contributed by atoms with E-state index in [1.807, 2.05) is 19.1 Å². The van der Waals surface area contributed by atoms with Gasteiger partial charge in [0.2, 0.25) is 5.76 Å². The van der Waals surface area contributed by atoms with E-state index in [1.165, 1.54) is 24.5 Å². The maximum Gasteiger partial charge on any atom is 0.373 e. The summed E-state index contributed by atoms with van der Waals surface area (Å²) in [6.07, 6.45) is 0. The molecule has 0 saturated heterocycles. The molecular weight excluding hydrogens is 252 g/mol. The van der Waals surface area contributed by atoms with Gasteiger partial charge < -0.3 is 14.3 Å². The molecule has 4 nitrogen and oxygen atoms in total. The maximum atomic E-state index is 11.3. The molecule has 18 heavy (non-hydrogen) atoms. The van der Waals surface area contributed by atoms with E-state index >= 15 is 0 Å². The number of aryl methyl sites for hydroxylation is 1. The summed E-state index contributed by atoms with van der Waals surface area (Å²) in [5.74, 6) is -0.148. The number of aliphatic hydroxyl groups is 1. The van der Waals surface area contributed by atoms with E-state index in [-0.39, 0.29) is 5.76 Å². The smallest absolute Gasteiger partial charge is 0.373 e. The van der Waals surface area contributed by atoms with E-state index in [4.69, 9.17) is 4.42 Å². The van der Waals surface area contributed by atoms with Crippen molar-refractivity contribution in [2.45, 2.75) is 19.4 Å². The summed E-state index contributed by atoms with van der Waals surface area (Å²) < 4.78 is 9.91. The lowest BCUT2D eigenvalue weighted by Gasteiger charge is -2.18. The molecule has 0 aromatic carbocycles. The molecule has 0 amide bonds. The lowest BCUT2D eigenvalue weighted by Crippen LogP contribution is -2.20. The van der Waals surface area contributed by atoms with Crippen molar-refractivity contribution < 1.29 is 19.1 Å². The third kappa shape index (κ3) is 2.19. The number of hydrogen-bond acceptors (Lipinski definition) is 5. The van der Waals surface area contributed by atoms with Gasteiger partial charge in [-0.15, -0.1) is 11.3 Å². The van der Waals surface area contributed by atoms with Crippen LogP contribution in [0.3, 0.4) is 0 Å². The average molecular weight is 266 g/mol. The highest BCUT2D eigenvalue weighted by atomic mass is 32.1. The Morgan fingerprint density at radius 3 is 2.67 bits per heavy atom. The van der Waals surface area contributed by atoms with Crippen LogP contribution in [0, 0.1) is 6.92 Å². The third-order valence-electron chi connectivity index (χ3n) is 2.69. The summed E-state index contributed by atoms with van der Waals surface area (Å²) in [5.41, 5.74) is -1.24. The number of thiophene rings is 1. The highest BCUT2D eigenvalue weighted by Crippen LogP contribution is 2.34. The Bertz CT molecular complexity index is 565. The highest BCUT2D eigenvalue weighted by molar-refractivity contribution is 7.12. The summed E-state index contributed by atoms with van der Waals surface area (Å²) in [4.78, 5) is 13.2. The molecule has 5 heteroatoms. The molecule has 0 saturated carbocycles. The molecule has 96 valence electrons. The lowest BCUT2D eigenvalue weighted by atomic mass is 10.0. The van der Waals surface area contributed by atoms with Crippen LogP contribution in [-0.2, 0) is 10.3 Å². The number of carbonyl (C=O) groups excluding carboxylic acids is 1. The number of esters is 1. The Kier molecular flexibility index (Phi) is 3.28. The average Bonchev–Trinajstić information content (AvgIpc) is 2.96. The van der Waals surface area contributed by atoms with Crippen molar-refractivity contribution >= 4 is 17.3 Å². The Balaban J connectivity index is 2.35. The first-order chi connectivity index (χ1) is 8.45. The van der Waals surface area contributed by atoms with Crippen LogP contribution < -0.4 is 0 Å². The molecule has 0 radical (unpaired) electrons. The summed E-state index contributed by atoms with van der Waals surface area (Å²) >= 11 is 1.49. The van der Waals surface area contributed by atoms with Crippen LogP contribution in [0.25, 0.3) is 0 Å². The molecule has 0 spiro atoms. The molecule has 2 aromatic heterocycles. The number of rotatable bonds is 3. The first kappa shape index (κ1) is 12.9. The topological polar surface area (TPSA) is 59.7 Å². The van der Waals surface area contributed by atoms with Gasteiger partial charge in [-0.25, -0.2) is 4.79 Å². The standard InChI is InChI=1S/C13H14O4S/c1-8-4-7-11(18-8)13(2,15)10-6-5-9(17-10)12(14)16-3/h4-7,15H,1-3H3. The molecule has 0 aliphatic carbocycles. The molecule has 1 N–H and O–H groups in total. The minimum atomic E-state index is -1.24. The molecular formula is C13H14O4S. The van der Waals surface area contributed by atoms with E-state index in [0.717, 1.165) is 9.75 Å². The second-order valence-electron chi connectivity index (χ2n) is 4.14. The van der Waals surface area contributed by atoms with E-state index in [9.17, 15) is 9.90 Å². The second-order valence-corrected chi connectivity index (χ2v) is 5.43. The molecule has 0 aliphatic heterocycles. The fourth-order valence-corrected chi connectivity index (χ4v) is 2.55. The van der Waals surface area contributed by atoms with Crippen molar-refractivity contribution in [3.63, 3.8) is 0 Å². The Morgan fingerprint density at radius 2 is 2.11 bits per heavy atom. The van der Waals surface area contributed by atoms with Gasteiger partial charge in [-0.3, -0.25) is 0 Å². The summed E-state index contributed by atoms with van der Waals surface area (Å²) in [7, 11) is 1.28. The molecule has 1 unspecified atom stereocenters. The van der Waals surface area contributed by atoms with Crippen molar-refractivity contribution in [2.24, 2.45) is 0 Å². The maximum absolute atomic E-state index is 11.3.